The number of thioether (sulfide) groups is 1. The Morgan fingerprint density at radius 2 is 2.60 bits per heavy atom. The van der Waals surface area contributed by atoms with Gasteiger partial charge in [0, 0.05) is 21.5 Å². The number of piperidine rings is 1. The summed E-state index contributed by atoms with van der Waals surface area (Å²) in [5, 5.41) is 4.26. The molecule has 0 saturated carbocycles. The molecule has 2 aliphatic rings. The van der Waals surface area contributed by atoms with Crippen LogP contribution in [0.5, 0.6) is 0 Å². The first kappa shape index (κ1) is 7.19. The van der Waals surface area contributed by atoms with Crippen molar-refractivity contribution in [2.75, 3.05) is 13.1 Å². The van der Waals surface area contributed by atoms with E-state index in [1.807, 2.05) is 11.8 Å². The van der Waals surface area contributed by atoms with Gasteiger partial charge in [0.15, 0.2) is 0 Å². The van der Waals surface area contributed by atoms with Crippen LogP contribution in [0.1, 0.15) is 6.42 Å². The van der Waals surface area contributed by atoms with Crippen LogP contribution >= 0.6 is 27.7 Å². The molecule has 2 aliphatic heterocycles. The van der Waals surface area contributed by atoms with Crippen molar-refractivity contribution in [3.8, 4) is 0 Å². The third-order valence-electron chi connectivity index (χ3n) is 2.07. The molecule has 1 saturated heterocycles. The largest absolute Gasteiger partial charge is 0.316 e. The van der Waals surface area contributed by atoms with E-state index in [2.05, 4.69) is 27.3 Å². The van der Waals surface area contributed by atoms with Crippen molar-refractivity contribution in [1.82, 2.24) is 5.32 Å². The molecule has 10 heavy (non-hydrogen) atoms. The topological polar surface area (TPSA) is 12.0 Å². The second-order valence-corrected chi connectivity index (χ2v) is 5.44. The molecular formula is C7H10BrNS. The Labute approximate surface area is 73.8 Å². The minimum Gasteiger partial charge on any atom is -0.316 e. The fourth-order valence-electron chi connectivity index (χ4n) is 1.52. The van der Waals surface area contributed by atoms with Crippen LogP contribution in [0.3, 0.4) is 0 Å². The maximum atomic E-state index is 3.52. The van der Waals surface area contributed by atoms with Crippen molar-refractivity contribution in [1.29, 1.82) is 0 Å². The van der Waals surface area contributed by atoms with Gasteiger partial charge in [0.05, 0.1) is 0 Å². The molecular weight excluding hydrogens is 210 g/mol. The summed E-state index contributed by atoms with van der Waals surface area (Å²) in [6.45, 7) is 2.37. The van der Waals surface area contributed by atoms with Gasteiger partial charge in [0.2, 0.25) is 0 Å². The first-order chi connectivity index (χ1) is 4.86. The number of halogens is 1. The monoisotopic (exact) mass is 219 g/mol. The van der Waals surface area contributed by atoms with Crippen LogP contribution < -0.4 is 5.32 Å². The molecule has 0 unspecified atom stereocenters. The van der Waals surface area contributed by atoms with Crippen molar-refractivity contribution in [2.24, 2.45) is 5.92 Å². The van der Waals surface area contributed by atoms with E-state index in [1.165, 1.54) is 23.3 Å². The van der Waals surface area contributed by atoms with Crippen molar-refractivity contribution >= 4 is 27.7 Å². The zero-order valence-electron chi connectivity index (χ0n) is 5.64. The fraction of sp³-hybridized carbons (Fsp3) is 0.714. The van der Waals surface area contributed by atoms with E-state index < -0.39 is 0 Å². The SMILES string of the molecule is BrC1=C[C@@H]2CNCC[C@@H]2S1. The Bertz CT molecular complexity index is 169. The second kappa shape index (κ2) is 2.88. The highest BCUT2D eigenvalue weighted by atomic mass is 79.9. The summed E-state index contributed by atoms with van der Waals surface area (Å²) in [6.07, 6.45) is 3.66. The van der Waals surface area contributed by atoms with Crippen LogP contribution in [-0.2, 0) is 0 Å². The standard InChI is InChI=1S/C7H10BrNS/c8-7-3-5-4-9-2-1-6(5)10-7/h3,5-6,9H,1-2,4H2/t5-,6+/m1/s1. The van der Waals surface area contributed by atoms with Crippen molar-refractivity contribution in [3.05, 3.63) is 9.89 Å². The van der Waals surface area contributed by atoms with Crippen LogP contribution in [0, 0.1) is 5.92 Å². The van der Waals surface area contributed by atoms with E-state index in [4.69, 9.17) is 0 Å². The van der Waals surface area contributed by atoms with Gasteiger partial charge in [-0.1, -0.05) is 6.08 Å². The molecule has 0 aromatic rings. The molecule has 0 aromatic heterocycles. The van der Waals surface area contributed by atoms with E-state index in [-0.39, 0.29) is 0 Å². The molecule has 0 bridgehead atoms. The van der Waals surface area contributed by atoms with Gasteiger partial charge in [0.25, 0.3) is 0 Å². The molecule has 3 heteroatoms. The summed E-state index contributed by atoms with van der Waals surface area (Å²) in [4.78, 5) is 0. The quantitative estimate of drug-likeness (QED) is 0.669. The van der Waals surface area contributed by atoms with E-state index >= 15 is 0 Å². The first-order valence-electron chi connectivity index (χ1n) is 3.61. The summed E-state index contributed by atoms with van der Waals surface area (Å²) >= 11 is 5.51. The van der Waals surface area contributed by atoms with Crippen molar-refractivity contribution < 1.29 is 0 Å². The first-order valence-corrected chi connectivity index (χ1v) is 5.28. The van der Waals surface area contributed by atoms with Gasteiger partial charge in [-0.15, -0.1) is 11.8 Å². The second-order valence-electron chi connectivity index (χ2n) is 2.78. The molecule has 0 amide bonds. The van der Waals surface area contributed by atoms with E-state index in [1.54, 1.807) is 0 Å². The molecule has 0 aliphatic carbocycles. The maximum Gasteiger partial charge on any atom is 0.0469 e. The highest BCUT2D eigenvalue weighted by Crippen LogP contribution is 2.42. The lowest BCUT2D eigenvalue weighted by Gasteiger charge is -2.24. The molecule has 0 spiro atoms. The molecule has 0 radical (unpaired) electrons. The van der Waals surface area contributed by atoms with Crippen LogP contribution in [0.2, 0.25) is 0 Å². The van der Waals surface area contributed by atoms with Gasteiger partial charge in [-0.05, 0) is 28.9 Å². The van der Waals surface area contributed by atoms with Crippen LogP contribution in [-0.4, -0.2) is 18.3 Å². The number of nitrogens with one attached hydrogen (secondary N) is 1. The van der Waals surface area contributed by atoms with Gasteiger partial charge in [0.1, 0.15) is 0 Å². The third-order valence-corrected chi connectivity index (χ3v) is 4.15. The minimum absolute atomic E-state index is 0.785. The maximum absolute atomic E-state index is 3.52. The van der Waals surface area contributed by atoms with Gasteiger partial charge < -0.3 is 5.32 Å². The molecule has 1 nitrogen and oxygen atoms in total. The highest BCUT2D eigenvalue weighted by Gasteiger charge is 2.29. The summed E-state index contributed by atoms with van der Waals surface area (Å²) in [5.41, 5.74) is 0. The molecule has 2 heterocycles. The molecule has 2 atom stereocenters. The van der Waals surface area contributed by atoms with Gasteiger partial charge >= 0.3 is 0 Å². The van der Waals surface area contributed by atoms with Crippen molar-refractivity contribution in [3.63, 3.8) is 0 Å². The third kappa shape index (κ3) is 1.27. The molecule has 56 valence electrons. The van der Waals surface area contributed by atoms with Gasteiger partial charge in [-0.3, -0.25) is 0 Å². The average Bonchev–Trinajstić information content (AvgIpc) is 2.27. The average molecular weight is 220 g/mol. The number of hydrogen-bond acceptors (Lipinski definition) is 2. The molecule has 1 N–H and O–H groups in total. The summed E-state index contributed by atoms with van der Waals surface area (Å²) in [7, 11) is 0. The predicted molar refractivity (Wildman–Crippen MR) is 49.4 cm³/mol. The number of fused-ring (bicyclic) bond motifs is 1. The highest BCUT2D eigenvalue weighted by molar-refractivity contribution is 9.14. The summed E-state index contributed by atoms with van der Waals surface area (Å²) in [6, 6.07) is 0. The van der Waals surface area contributed by atoms with E-state index in [0.717, 1.165) is 11.2 Å². The smallest absolute Gasteiger partial charge is 0.0469 e. The minimum atomic E-state index is 0.785. The summed E-state index contributed by atoms with van der Waals surface area (Å²) in [5.74, 6) is 0.785. The van der Waals surface area contributed by atoms with Crippen LogP contribution in [0.25, 0.3) is 0 Å². The molecule has 1 fully saturated rings. The van der Waals surface area contributed by atoms with Gasteiger partial charge in [-0.2, -0.15) is 0 Å². The Hall–Kier alpha value is 0.530. The number of hydrogen-bond donors (Lipinski definition) is 1. The Kier molecular flexibility index (Phi) is 2.07. The lowest BCUT2D eigenvalue weighted by atomic mass is 10.00. The fourth-order valence-corrected chi connectivity index (χ4v) is 3.71. The molecule has 2 rings (SSSR count). The van der Waals surface area contributed by atoms with Crippen LogP contribution in [0.4, 0.5) is 0 Å². The number of rotatable bonds is 0. The Morgan fingerprint density at radius 1 is 1.70 bits per heavy atom. The molecule has 0 aromatic carbocycles. The lowest BCUT2D eigenvalue weighted by Crippen LogP contribution is -2.35. The zero-order chi connectivity index (χ0) is 6.97. The Morgan fingerprint density at radius 3 is 3.40 bits per heavy atom. The van der Waals surface area contributed by atoms with Crippen LogP contribution in [0.15, 0.2) is 9.89 Å². The lowest BCUT2D eigenvalue weighted by molar-refractivity contribution is 0.456. The van der Waals surface area contributed by atoms with Crippen molar-refractivity contribution in [2.45, 2.75) is 11.7 Å². The Balaban J connectivity index is 2.06. The zero-order valence-corrected chi connectivity index (χ0v) is 8.04. The van der Waals surface area contributed by atoms with Gasteiger partial charge in [-0.25, -0.2) is 0 Å². The summed E-state index contributed by atoms with van der Waals surface area (Å²) < 4.78 is 1.34. The van der Waals surface area contributed by atoms with E-state index in [0.29, 0.717) is 0 Å². The predicted octanol–water partition coefficient (Wildman–Crippen LogP) is 1.95. The van der Waals surface area contributed by atoms with E-state index in [9.17, 15) is 0 Å². The normalized spacial score (nSPS) is 39.1.